The van der Waals surface area contributed by atoms with E-state index in [4.69, 9.17) is 0 Å². The first-order valence-electron chi connectivity index (χ1n) is 6.17. The van der Waals surface area contributed by atoms with Gasteiger partial charge in [-0.1, -0.05) is 0 Å². The maximum atomic E-state index is 11.7. The minimum Gasteiger partial charge on any atom is -0.351 e. The summed E-state index contributed by atoms with van der Waals surface area (Å²) in [5.41, 5.74) is 0. The van der Waals surface area contributed by atoms with E-state index in [9.17, 15) is 4.79 Å². The number of piperidine rings is 1. The summed E-state index contributed by atoms with van der Waals surface area (Å²) < 4.78 is 0. The highest BCUT2D eigenvalue weighted by Crippen LogP contribution is 2.14. The van der Waals surface area contributed by atoms with Gasteiger partial charge in [0.05, 0.1) is 11.2 Å². The molecule has 0 aliphatic carbocycles. The van der Waals surface area contributed by atoms with Crippen molar-refractivity contribution in [3.8, 4) is 0 Å². The van der Waals surface area contributed by atoms with Crippen LogP contribution >= 0.6 is 11.3 Å². The van der Waals surface area contributed by atoms with Gasteiger partial charge >= 0.3 is 0 Å². The van der Waals surface area contributed by atoms with Gasteiger partial charge in [0.2, 0.25) is 0 Å². The minimum absolute atomic E-state index is 0.0133. The second-order valence-corrected chi connectivity index (χ2v) is 5.74. The van der Waals surface area contributed by atoms with Gasteiger partial charge in [-0.15, -0.1) is 11.3 Å². The van der Waals surface area contributed by atoms with Gasteiger partial charge in [0, 0.05) is 6.54 Å². The van der Waals surface area contributed by atoms with Crippen LogP contribution in [0.5, 0.6) is 0 Å². The number of carbonyl (C=O) groups excluding carboxylic acids is 1. The Bertz CT molecular complexity index is 372. The summed E-state index contributed by atoms with van der Waals surface area (Å²) in [6.45, 7) is 4.91. The molecular formula is C12H19N3OS. The van der Waals surface area contributed by atoms with Crippen LogP contribution in [0.3, 0.4) is 0 Å². The normalized spacial score (nSPS) is 20.2. The summed E-state index contributed by atoms with van der Waals surface area (Å²) >= 11 is 1.45. The molecule has 1 unspecified atom stereocenters. The van der Waals surface area contributed by atoms with Gasteiger partial charge in [-0.05, 0) is 45.2 Å². The Labute approximate surface area is 106 Å². The fourth-order valence-electron chi connectivity index (χ4n) is 2.11. The van der Waals surface area contributed by atoms with E-state index < -0.39 is 0 Å². The molecule has 2 N–H and O–H groups in total. The van der Waals surface area contributed by atoms with E-state index in [1.807, 2.05) is 6.92 Å². The lowest BCUT2D eigenvalue weighted by Gasteiger charge is -2.22. The molecule has 5 heteroatoms. The van der Waals surface area contributed by atoms with E-state index in [-0.39, 0.29) is 5.91 Å². The topological polar surface area (TPSA) is 54.0 Å². The van der Waals surface area contributed by atoms with Crippen molar-refractivity contribution in [1.29, 1.82) is 0 Å². The van der Waals surface area contributed by atoms with E-state index in [2.05, 4.69) is 15.6 Å². The second kappa shape index (κ2) is 6.12. The second-order valence-electron chi connectivity index (χ2n) is 4.50. The maximum Gasteiger partial charge on any atom is 0.263 e. The van der Waals surface area contributed by atoms with Crippen molar-refractivity contribution in [2.45, 2.75) is 26.2 Å². The van der Waals surface area contributed by atoms with Gasteiger partial charge < -0.3 is 10.6 Å². The highest BCUT2D eigenvalue weighted by atomic mass is 32.1. The molecule has 0 bridgehead atoms. The largest absolute Gasteiger partial charge is 0.351 e. The van der Waals surface area contributed by atoms with E-state index in [0.717, 1.165) is 31.1 Å². The van der Waals surface area contributed by atoms with E-state index >= 15 is 0 Å². The van der Waals surface area contributed by atoms with Gasteiger partial charge in [0.15, 0.2) is 0 Å². The van der Waals surface area contributed by atoms with E-state index in [1.54, 1.807) is 6.20 Å². The molecule has 1 aliphatic rings. The lowest BCUT2D eigenvalue weighted by molar-refractivity contribution is 0.0954. The SMILES string of the molecule is Cc1ncc(C(=O)NCCC2CCCNC2)s1. The summed E-state index contributed by atoms with van der Waals surface area (Å²) in [5, 5.41) is 7.29. The lowest BCUT2D eigenvalue weighted by atomic mass is 9.96. The molecule has 1 atom stereocenters. The zero-order chi connectivity index (χ0) is 12.1. The molecule has 94 valence electrons. The summed E-state index contributed by atoms with van der Waals surface area (Å²) in [4.78, 5) is 16.5. The number of rotatable bonds is 4. The van der Waals surface area contributed by atoms with Crippen LogP contribution in [-0.2, 0) is 0 Å². The third kappa shape index (κ3) is 3.78. The quantitative estimate of drug-likeness (QED) is 0.856. The molecule has 1 saturated heterocycles. The number of aryl methyl sites for hydroxylation is 1. The van der Waals surface area contributed by atoms with Crippen molar-refractivity contribution in [1.82, 2.24) is 15.6 Å². The Morgan fingerprint density at radius 2 is 2.59 bits per heavy atom. The van der Waals surface area contributed by atoms with Gasteiger partial charge in [-0.25, -0.2) is 4.98 Å². The Morgan fingerprint density at radius 3 is 3.24 bits per heavy atom. The summed E-state index contributed by atoms with van der Waals surface area (Å²) in [6, 6.07) is 0. The Morgan fingerprint density at radius 1 is 1.71 bits per heavy atom. The van der Waals surface area contributed by atoms with Crippen molar-refractivity contribution in [2.24, 2.45) is 5.92 Å². The number of hydrogen-bond donors (Lipinski definition) is 2. The zero-order valence-electron chi connectivity index (χ0n) is 10.2. The highest BCUT2D eigenvalue weighted by molar-refractivity contribution is 7.13. The first-order valence-corrected chi connectivity index (χ1v) is 6.98. The van der Waals surface area contributed by atoms with Crippen LogP contribution < -0.4 is 10.6 Å². The molecular weight excluding hydrogens is 234 g/mol. The summed E-state index contributed by atoms with van der Waals surface area (Å²) in [6.07, 6.45) is 5.25. The number of nitrogens with zero attached hydrogens (tertiary/aromatic N) is 1. The van der Waals surface area contributed by atoms with Crippen molar-refractivity contribution in [2.75, 3.05) is 19.6 Å². The number of thiazole rings is 1. The van der Waals surface area contributed by atoms with Crippen LogP contribution in [0, 0.1) is 12.8 Å². The fraction of sp³-hybridized carbons (Fsp3) is 0.667. The van der Waals surface area contributed by atoms with Crippen LogP contribution in [0.1, 0.15) is 33.9 Å². The van der Waals surface area contributed by atoms with Gasteiger partial charge in [-0.2, -0.15) is 0 Å². The molecule has 2 rings (SSSR count). The first kappa shape index (κ1) is 12.5. The van der Waals surface area contributed by atoms with Crippen molar-refractivity contribution in [3.63, 3.8) is 0 Å². The molecule has 0 saturated carbocycles. The number of hydrogen-bond acceptors (Lipinski definition) is 4. The van der Waals surface area contributed by atoms with E-state index in [1.165, 1.54) is 24.2 Å². The Hall–Kier alpha value is -0.940. The van der Waals surface area contributed by atoms with Crippen molar-refractivity contribution in [3.05, 3.63) is 16.1 Å². The number of aromatic nitrogens is 1. The molecule has 1 aromatic rings. The Balaban J connectivity index is 1.69. The van der Waals surface area contributed by atoms with Crippen LogP contribution in [0.25, 0.3) is 0 Å². The molecule has 1 amide bonds. The van der Waals surface area contributed by atoms with E-state index in [0.29, 0.717) is 10.8 Å². The summed E-state index contributed by atoms with van der Waals surface area (Å²) in [5.74, 6) is 0.728. The van der Waals surface area contributed by atoms with Crippen LogP contribution in [0.15, 0.2) is 6.20 Å². The third-order valence-electron chi connectivity index (χ3n) is 3.08. The number of carbonyl (C=O) groups is 1. The number of amides is 1. The van der Waals surface area contributed by atoms with Crippen LogP contribution in [-0.4, -0.2) is 30.5 Å². The molecule has 17 heavy (non-hydrogen) atoms. The molecule has 0 spiro atoms. The third-order valence-corrected chi connectivity index (χ3v) is 3.99. The highest BCUT2D eigenvalue weighted by Gasteiger charge is 2.13. The van der Waals surface area contributed by atoms with Gasteiger partial charge in [0.1, 0.15) is 4.88 Å². The predicted molar refractivity (Wildman–Crippen MR) is 69.4 cm³/mol. The first-order chi connectivity index (χ1) is 8.25. The summed E-state index contributed by atoms with van der Waals surface area (Å²) in [7, 11) is 0. The molecule has 2 heterocycles. The smallest absolute Gasteiger partial charge is 0.263 e. The minimum atomic E-state index is 0.0133. The predicted octanol–water partition coefficient (Wildman–Crippen LogP) is 1.57. The van der Waals surface area contributed by atoms with Crippen molar-refractivity contribution < 1.29 is 4.79 Å². The lowest BCUT2D eigenvalue weighted by Crippen LogP contribution is -2.33. The van der Waals surface area contributed by atoms with Crippen LogP contribution in [0.2, 0.25) is 0 Å². The molecule has 4 nitrogen and oxygen atoms in total. The fourth-order valence-corrected chi connectivity index (χ4v) is 2.81. The number of nitrogens with one attached hydrogen (secondary N) is 2. The average Bonchev–Trinajstić information content (AvgIpc) is 2.77. The maximum absolute atomic E-state index is 11.7. The zero-order valence-corrected chi connectivity index (χ0v) is 11.0. The standard InChI is InChI=1S/C12H19N3OS/c1-9-15-8-11(17-9)12(16)14-6-4-10-3-2-5-13-7-10/h8,10,13H,2-7H2,1H3,(H,14,16). The van der Waals surface area contributed by atoms with Crippen LogP contribution in [0.4, 0.5) is 0 Å². The average molecular weight is 253 g/mol. The molecule has 0 aromatic carbocycles. The molecule has 0 radical (unpaired) electrons. The van der Waals surface area contributed by atoms with Gasteiger partial charge in [-0.3, -0.25) is 4.79 Å². The molecule has 1 aromatic heterocycles. The molecule has 1 aliphatic heterocycles. The van der Waals surface area contributed by atoms with Crippen molar-refractivity contribution >= 4 is 17.2 Å². The molecule has 1 fully saturated rings. The Kier molecular flexibility index (Phi) is 4.50. The van der Waals surface area contributed by atoms with Gasteiger partial charge in [0.25, 0.3) is 5.91 Å². The monoisotopic (exact) mass is 253 g/mol.